The van der Waals surface area contributed by atoms with Crippen molar-refractivity contribution in [1.82, 2.24) is 9.80 Å². The molecule has 1 aliphatic carbocycles. The number of Topliss-reactive ketones (excluding diaryl/α,β-unsaturated/α-hetero) is 1. The summed E-state index contributed by atoms with van der Waals surface area (Å²) in [5.41, 5.74) is 3.86. The molecule has 0 bridgehead atoms. The van der Waals surface area contributed by atoms with E-state index in [1.807, 2.05) is 71.6 Å². The van der Waals surface area contributed by atoms with Crippen LogP contribution in [0.5, 0.6) is 17.2 Å². The van der Waals surface area contributed by atoms with Gasteiger partial charge in [-0.05, 0) is 42.2 Å². The molecule has 2 amide bonds. The molecular formula is C37H40N4O6. The number of piperazine rings is 1. The quantitative estimate of drug-likeness (QED) is 0.426. The lowest BCUT2D eigenvalue weighted by Crippen LogP contribution is -2.56. The number of rotatable bonds is 5. The van der Waals surface area contributed by atoms with Crippen LogP contribution < -0.4 is 24.4 Å². The standard InChI is InChI=1S/C37H40N4O6/c1-37(2)20-26-34(28(42)21-37)35(24-10-4-7-13-29(24)45-3)41(27-12-6-5-11-25(27)38-26)22-33(43)39-16-18-40(19-17-39)36(44)32-23-46-30-14-8-9-15-31(30)47-32/h4-15,32,35,38H,16-23H2,1-3H3. The van der Waals surface area contributed by atoms with Crippen LogP contribution >= 0.6 is 0 Å². The number of anilines is 2. The van der Waals surface area contributed by atoms with Crippen LogP contribution in [0.3, 0.4) is 0 Å². The monoisotopic (exact) mass is 636 g/mol. The fourth-order valence-corrected chi connectivity index (χ4v) is 7.21. The van der Waals surface area contributed by atoms with Gasteiger partial charge in [0.2, 0.25) is 12.0 Å². The molecule has 3 heterocycles. The molecule has 0 radical (unpaired) electrons. The Labute approximate surface area is 274 Å². The summed E-state index contributed by atoms with van der Waals surface area (Å²) < 4.78 is 17.5. The van der Waals surface area contributed by atoms with E-state index in [1.54, 1.807) is 23.0 Å². The molecule has 47 heavy (non-hydrogen) atoms. The van der Waals surface area contributed by atoms with Gasteiger partial charge in [0.05, 0.1) is 31.1 Å². The number of allylic oxidation sites excluding steroid dienone is 1. The first-order valence-electron chi connectivity index (χ1n) is 16.2. The van der Waals surface area contributed by atoms with Gasteiger partial charge in [-0.3, -0.25) is 14.4 Å². The molecular weight excluding hydrogens is 596 g/mol. The van der Waals surface area contributed by atoms with E-state index in [2.05, 4.69) is 19.2 Å². The molecule has 3 aromatic rings. The lowest BCUT2D eigenvalue weighted by molar-refractivity contribution is -0.145. The number of benzene rings is 3. The third-order valence-corrected chi connectivity index (χ3v) is 9.47. The number of ketones is 1. The second kappa shape index (κ2) is 12.3. The summed E-state index contributed by atoms with van der Waals surface area (Å²) in [6.07, 6.45) is 0.386. The number of nitrogens with one attached hydrogen (secondary N) is 1. The number of carbonyl (C=O) groups is 3. The zero-order chi connectivity index (χ0) is 32.7. The Balaban J connectivity index is 1.15. The molecule has 3 aliphatic heterocycles. The molecule has 1 N–H and O–H groups in total. The number of fused-ring (bicyclic) bond motifs is 2. The number of nitrogens with zero attached hydrogens (tertiary/aromatic N) is 3. The van der Waals surface area contributed by atoms with Crippen molar-refractivity contribution in [3.63, 3.8) is 0 Å². The summed E-state index contributed by atoms with van der Waals surface area (Å²) in [6, 6.07) is 22.4. The Bertz CT molecular complexity index is 1740. The SMILES string of the molecule is COc1ccccc1C1C2=C(CC(C)(C)CC2=O)Nc2ccccc2N1CC(=O)N1CCN(C(=O)C2COc3ccccc3O2)CC1. The molecule has 2 atom stereocenters. The van der Waals surface area contributed by atoms with E-state index in [9.17, 15) is 14.4 Å². The van der Waals surface area contributed by atoms with E-state index in [4.69, 9.17) is 14.2 Å². The van der Waals surface area contributed by atoms with Gasteiger partial charge < -0.3 is 34.2 Å². The minimum absolute atomic E-state index is 0.0408. The Hall–Kier alpha value is -4.99. The van der Waals surface area contributed by atoms with E-state index in [-0.39, 0.29) is 36.2 Å². The van der Waals surface area contributed by atoms with Crippen molar-refractivity contribution >= 4 is 29.0 Å². The van der Waals surface area contributed by atoms with Crippen molar-refractivity contribution in [3.05, 3.63) is 89.6 Å². The Kier molecular flexibility index (Phi) is 8.03. The third-order valence-electron chi connectivity index (χ3n) is 9.47. The van der Waals surface area contributed by atoms with Gasteiger partial charge in [0.25, 0.3) is 5.91 Å². The maximum Gasteiger partial charge on any atom is 0.267 e. The Morgan fingerprint density at radius 1 is 0.894 bits per heavy atom. The number of ether oxygens (including phenoxy) is 3. The normalized spacial score (nSPS) is 21.7. The smallest absolute Gasteiger partial charge is 0.267 e. The molecule has 10 nitrogen and oxygen atoms in total. The molecule has 3 aromatic carbocycles. The van der Waals surface area contributed by atoms with Crippen molar-refractivity contribution < 1.29 is 28.6 Å². The highest BCUT2D eigenvalue weighted by atomic mass is 16.6. The fourth-order valence-electron chi connectivity index (χ4n) is 7.21. The van der Waals surface area contributed by atoms with Gasteiger partial charge in [-0.15, -0.1) is 0 Å². The van der Waals surface area contributed by atoms with Crippen LogP contribution in [0.4, 0.5) is 11.4 Å². The van der Waals surface area contributed by atoms with Crippen molar-refractivity contribution in [2.75, 3.05) is 56.7 Å². The molecule has 0 spiro atoms. The van der Waals surface area contributed by atoms with Crippen LogP contribution in [0.25, 0.3) is 0 Å². The second-order valence-corrected chi connectivity index (χ2v) is 13.3. The Morgan fingerprint density at radius 3 is 2.36 bits per heavy atom. The van der Waals surface area contributed by atoms with E-state index in [0.717, 1.165) is 22.6 Å². The van der Waals surface area contributed by atoms with E-state index >= 15 is 0 Å². The highest BCUT2D eigenvalue weighted by Gasteiger charge is 2.43. The highest BCUT2D eigenvalue weighted by molar-refractivity contribution is 6.02. The number of hydrogen-bond acceptors (Lipinski definition) is 8. The lowest BCUT2D eigenvalue weighted by Gasteiger charge is -2.40. The van der Waals surface area contributed by atoms with Gasteiger partial charge in [-0.2, -0.15) is 0 Å². The molecule has 1 saturated heterocycles. The maximum absolute atomic E-state index is 14.2. The minimum Gasteiger partial charge on any atom is -0.496 e. The molecule has 0 aromatic heterocycles. The first kappa shape index (κ1) is 30.7. The first-order valence-corrected chi connectivity index (χ1v) is 16.2. The van der Waals surface area contributed by atoms with Crippen molar-refractivity contribution in [2.24, 2.45) is 5.41 Å². The van der Waals surface area contributed by atoms with Gasteiger partial charge >= 0.3 is 0 Å². The summed E-state index contributed by atoms with van der Waals surface area (Å²) in [4.78, 5) is 47.2. The van der Waals surface area contributed by atoms with Crippen molar-refractivity contribution in [1.29, 1.82) is 0 Å². The van der Waals surface area contributed by atoms with Crippen LogP contribution in [0.15, 0.2) is 84.1 Å². The number of amides is 2. The summed E-state index contributed by atoms with van der Waals surface area (Å²) in [5.74, 6) is 1.68. The largest absolute Gasteiger partial charge is 0.496 e. The van der Waals surface area contributed by atoms with Crippen LogP contribution in [-0.4, -0.2) is 79.9 Å². The van der Waals surface area contributed by atoms with Gasteiger partial charge in [0.1, 0.15) is 12.4 Å². The zero-order valence-electron chi connectivity index (χ0n) is 27.0. The molecule has 0 saturated carbocycles. The molecule has 1 fully saturated rings. The number of carbonyl (C=O) groups excluding carboxylic acids is 3. The lowest BCUT2D eigenvalue weighted by atomic mass is 9.73. The molecule has 244 valence electrons. The van der Waals surface area contributed by atoms with Crippen LogP contribution in [-0.2, 0) is 14.4 Å². The van der Waals surface area contributed by atoms with E-state index in [1.165, 1.54) is 0 Å². The van der Waals surface area contributed by atoms with Crippen LogP contribution in [0.1, 0.15) is 38.3 Å². The average Bonchev–Trinajstić information content (AvgIpc) is 3.21. The summed E-state index contributed by atoms with van der Waals surface area (Å²) in [5, 5.41) is 3.61. The maximum atomic E-state index is 14.2. The van der Waals surface area contributed by atoms with Crippen LogP contribution in [0.2, 0.25) is 0 Å². The summed E-state index contributed by atoms with van der Waals surface area (Å²) >= 11 is 0. The molecule has 2 unspecified atom stereocenters. The Morgan fingerprint density at radius 2 is 1.57 bits per heavy atom. The fraction of sp³-hybridized carbons (Fsp3) is 0.378. The minimum atomic E-state index is -0.727. The number of para-hydroxylation sites is 5. The zero-order valence-corrected chi connectivity index (χ0v) is 27.0. The third kappa shape index (κ3) is 5.88. The number of methoxy groups -OCH3 is 1. The van der Waals surface area contributed by atoms with Crippen LogP contribution in [0, 0.1) is 5.41 Å². The summed E-state index contributed by atoms with van der Waals surface area (Å²) in [7, 11) is 1.63. The second-order valence-electron chi connectivity index (χ2n) is 13.3. The van der Waals surface area contributed by atoms with Gasteiger partial charge in [-0.1, -0.05) is 56.3 Å². The summed E-state index contributed by atoms with van der Waals surface area (Å²) in [6.45, 7) is 5.99. The predicted molar refractivity (Wildman–Crippen MR) is 178 cm³/mol. The van der Waals surface area contributed by atoms with Gasteiger partial charge in [0, 0.05) is 49.4 Å². The topological polar surface area (TPSA) is 101 Å². The van der Waals surface area contributed by atoms with Crippen molar-refractivity contribution in [3.8, 4) is 17.2 Å². The van der Waals surface area contributed by atoms with Gasteiger partial charge in [-0.25, -0.2) is 0 Å². The van der Waals surface area contributed by atoms with Crippen molar-refractivity contribution in [2.45, 2.75) is 38.8 Å². The number of hydrogen-bond donors (Lipinski definition) is 1. The van der Waals surface area contributed by atoms with E-state index in [0.29, 0.717) is 61.8 Å². The van der Waals surface area contributed by atoms with E-state index < -0.39 is 12.1 Å². The first-order chi connectivity index (χ1) is 22.7. The predicted octanol–water partition coefficient (Wildman–Crippen LogP) is 4.82. The molecule has 7 rings (SSSR count). The highest BCUT2D eigenvalue weighted by Crippen LogP contribution is 2.49. The average molecular weight is 637 g/mol. The molecule has 10 heteroatoms. The van der Waals surface area contributed by atoms with Gasteiger partial charge in [0.15, 0.2) is 17.3 Å². The molecule has 4 aliphatic rings.